The van der Waals surface area contributed by atoms with Crippen LogP contribution in [-0.2, 0) is 11.3 Å². The Labute approximate surface area is 164 Å². The molecular weight excluding hydrogens is 350 g/mol. The van der Waals surface area contributed by atoms with Gasteiger partial charge in [-0.15, -0.1) is 0 Å². The first-order chi connectivity index (χ1) is 13.8. The molecule has 6 nitrogen and oxygen atoms in total. The number of fused-ring (bicyclic) bond motifs is 1. The van der Waals surface area contributed by atoms with Crippen LogP contribution in [0.15, 0.2) is 54.9 Å². The van der Waals surface area contributed by atoms with Gasteiger partial charge in [-0.05, 0) is 55.8 Å². The molecule has 144 valence electrons. The molecular formula is C22H25N5O. The van der Waals surface area contributed by atoms with Crippen LogP contribution in [-0.4, -0.2) is 41.1 Å². The van der Waals surface area contributed by atoms with Crippen molar-refractivity contribution in [2.45, 2.75) is 25.4 Å². The molecule has 6 heteroatoms. The molecule has 3 heterocycles. The third-order valence-electron chi connectivity index (χ3n) is 6.27. The van der Waals surface area contributed by atoms with E-state index in [1.807, 2.05) is 24.5 Å². The maximum atomic E-state index is 12.4. The third-order valence-corrected chi connectivity index (χ3v) is 6.27. The largest absolute Gasteiger partial charge is 0.354 e. The van der Waals surface area contributed by atoms with Crippen LogP contribution in [0.2, 0.25) is 0 Å². The number of nitrogens with zero attached hydrogens (tertiary/aromatic N) is 2. The Morgan fingerprint density at radius 2 is 1.89 bits per heavy atom. The van der Waals surface area contributed by atoms with Crippen LogP contribution in [0.5, 0.6) is 0 Å². The Balaban J connectivity index is 1.31. The van der Waals surface area contributed by atoms with Gasteiger partial charge in [0.15, 0.2) is 0 Å². The van der Waals surface area contributed by atoms with Gasteiger partial charge < -0.3 is 16.0 Å². The molecule has 3 N–H and O–H groups in total. The summed E-state index contributed by atoms with van der Waals surface area (Å²) in [4.78, 5) is 16.9. The van der Waals surface area contributed by atoms with Gasteiger partial charge in [-0.2, -0.15) is 0 Å². The summed E-state index contributed by atoms with van der Waals surface area (Å²) >= 11 is 0. The molecule has 2 aliphatic heterocycles. The lowest BCUT2D eigenvalue weighted by atomic mass is 9.75. The van der Waals surface area contributed by atoms with Gasteiger partial charge in [-0.1, -0.05) is 24.3 Å². The van der Waals surface area contributed by atoms with E-state index in [9.17, 15) is 4.79 Å². The minimum Gasteiger partial charge on any atom is -0.354 e. The van der Waals surface area contributed by atoms with E-state index in [0.29, 0.717) is 6.54 Å². The number of hydrogen-bond donors (Lipinski definition) is 3. The van der Waals surface area contributed by atoms with Gasteiger partial charge in [0, 0.05) is 24.2 Å². The summed E-state index contributed by atoms with van der Waals surface area (Å²) < 4.78 is 2.10. The fourth-order valence-corrected chi connectivity index (χ4v) is 4.60. The number of piperidine rings is 1. The Hall–Kier alpha value is -2.70. The smallest absolute Gasteiger partial charge is 0.237 e. The second kappa shape index (κ2) is 7.04. The van der Waals surface area contributed by atoms with Crippen LogP contribution in [0, 0.1) is 5.41 Å². The summed E-state index contributed by atoms with van der Waals surface area (Å²) in [7, 11) is 0. The van der Waals surface area contributed by atoms with E-state index in [-0.39, 0.29) is 17.4 Å². The molecule has 2 fully saturated rings. The van der Waals surface area contributed by atoms with Crippen molar-refractivity contribution in [3.05, 3.63) is 60.4 Å². The van der Waals surface area contributed by atoms with Crippen molar-refractivity contribution in [1.82, 2.24) is 25.5 Å². The topological polar surface area (TPSA) is 71.0 Å². The maximum Gasteiger partial charge on any atom is 0.237 e. The number of carbonyl (C=O) groups is 1. The molecule has 2 aliphatic rings. The van der Waals surface area contributed by atoms with Crippen LogP contribution < -0.4 is 16.0 Å². The third kappa shape index (κ3) is 2.99. The Kier molecular flexibility index (Phi) is 4.37. The van der Waals surface area contributed by atoms with E-state index in [1.165, 1.54) is 5.56 Å². The van der Waals surface area contributed by atoms with E-state index in [4.69, 9.17) is 0 Å². The van der Waals surface area contributed by atoms with Crippen LogP contribution >= 0.6 is 0 Å². The lowest BCUT2D eigenvalue weighted by Crippen LogP contribution is -2.51. The molecule has 1 spiro atoms. The van der Waals surface area contributed by atoms with Crippen molar-refractivity contribution < 1.29 is 4.79 Å². The fourth-order valence-electron chi connectivity index (χ4n) is 4.60. The highest BCUT2D eigenvalue weighted by molar-refractivity contribution is 5.85. The first kappa shape index (κ1) is 17.4. The Bertz CT molecular complexity index is 988. The molecule has 5 rings (SSSR count). The van der Waals surface area contributed by atoms with Gasteiger partial charge >= 0.3 is 0 Å². The Morgan fingerprint density at radius 3 is 2.71 bits per heavy atom. The molecule has 2 aromatic carbocycles. The average molecular weight is 375 g/mol. The van der Waals surface area contributed by atoms with Gasteiger partial charge in [0.25, 0.3) is 0 Å². The van der Waals surface area contributed by atoms with Crippen LogP contribution in [0.4, 0.5) is 0 Å². The molecule has 1 aromatic heterocycles. The monoisotopic (exact) mass is 375 g/mol. The molecule has 1 unspecified atom stereocenters. The van der Waals surface area contributed by atoms with Crippen molar-refractivity contribution in [3.63, 3.8) is 0 Å². The van der Waals surface area contributed by atoms with Crippen LogP contribution in [0.1, 0.15) is 18.4 Å². The number of amides is 1. The predicted molar refractivity (Wildman–Crippen MR) is 109 cm³/mol. The molecule has 1 atom stereocenters. The molecule has 0 saturated carbocycles. The summed E-state index contributed by atoms with van der Waals surface area (Å²) in [6.45, 7) is 3.46. The van der Waals surface area contributed by atoms with E-state index in [2.05, 4.69) is 55.8 Å². The van der Waals surface area contributed by atoms with E-state index in [1.54, 1.807) is 0 Å². The van der Waals surface area contributed by atoms with Crippen LogP contribution in [0.3, 0.4) is 0 Å². The Morgan fingerprint density at radius 1 is 1.11 bits per heavy atom. The van der Waals surface area contributed by atoms with Crippen molar-refractivity contribution in [2.24, 2.45) is 5.41 Å². The highest BCUT2D eigenvalue weighted by atomic mass is 16.2. The zero-order valence-electron chi connectivity index (χ0n) is 15.8. The standard InChI is InChI=1S/C22H25N5O/c28-21-20(22(14-25-21)9-11-23-12-10-22)24-13-16-5-7-17(8-6-16)27-15-26-18-3-1-2-4-19(18)27/h1-8,15,20,23-24H,9-14H2,(H,25,28). The predicted octanol–water partition coefficient (Wildman–Crippen LogP) is 1.98. The SMILES string of the molecule is O=C1NCC2(CCNCC2)C1NCc1ccc(-n2cnc3ccccc32)cc1. The molecule has 0 bridgehead atoms. The number of imidazole rings is 1. The normalized spacial score (nSPS) is 21.3. The van der Waals surface area contributed by atoms with Gasteiger partial charge in [-0.3, -0.25) is 9.36 Å². The summed E-state index contributed by atoms with van der Waals surface area (Å²) in [5, 5.41) is 10.0. The number of benzene rings is 2. The summed E-state index contributed by atoms with van der Waals surface area (Å²) in [5.74, 6) is 0.142. The fraction of sp³-hybridized carbons (Fsp3) is 0.364. The van der Waals surface area contributed by atoms with Crippen LogP contribution in [0.25, 0.3) is 16.7 Å². The molecule has 2 saturated heterocycles. The maximum absolute atomic E-state index is 12.4. The van der Waals surface area contributed by atoms with Crippen molar-refractivity contribution >= 4 is 16.9 Å². The molecule has 0 aliphatic carbocycles. The van der Waals surface area contributed by atoms with Gasteiger partial charge in [0.2, 0.25) is 5.91 Å². The number of para-hydroxylation sites is 2. The minimum absolute atomic E-state index is 0.0536. The van der Waals surface area contributed by atoms with Gasteiger partial charge in [-0.25, -0.2) is 4.98 Å². The van der Waals surface area contributed by atoms with Gasteiger partial charge in [0.05, 0.1) is 17.1 Å². The molecule has 0 radical (unpaired) electrons. The first-order valence-corrected chi connectivity index (χ1v) is 9.98. The lowest BCUT2D eigenvalue weighted by Gasteiger charge is -2.37. The average Bonchev–Trinajstić information content (AvgIpc) is 3.30. The first-order valence-electron chi connectivity index (χ1n) is 9.98. The molecule has 28 heavy (non-hydrogen) atoms. The zero-order valence-corrected chi connectivity index (χ0v) is 15.8. The number of hydrogen-bond acceptors (Lipinski definition) is 4. The second-order valence-electron chi connectivity index (χ2n) is 7.91. The van der Waals surface area contributed by atoms with E-state index >= 15 is 0 Å². The number of carbonyl (C=O) groups excluding carboxylic acids is 1. The van der Waals surface area contributed by atoms with Gasteiger partial charge in [0.1, 0.15) is 6.33 Å². The number of rotatable bonds is 4. The zero-order chi connectivity index (χ0) is 19.0. The molecule has 3 aromatic rings. The summed E-state index contributed by atoms with van der Waals surface area (Å²) in [6, 6.07) is 16.5. The summed E-state index contributed by atoms with van der Waals surface area (Å²) in [5.41, 5.74) is 4.41. The quantitative estimate of drug-likeness (QED) is 0.652. The highest BCUT2D eigenvalue weighted by Gasteiger charge is 2.48. The van der Waals surface area contributed by atoms with Crippen molar-refractivity contribution in [2.75, 3.05) is 19.6 Å². The number of aromatic nitrogens is 2. The lowest BCUT2D eigenvalue weighted by molar-refractivity contribution is -0.122. The minimum atomic E-state index is -0.105. The van der Waals surface area contributed by atoms with Crippen molar-refractivity contribution in [3.8, 4) is 5.69 Å². The summed E-state index contributed by atoms with van der Waals surface area (Å²) in [6.07, 6.45) is 3.94. The highest BCUT2D eigenvalue weighted by Crippen LogP contribution is 2.36. The van der Waals surface area contributed by atoms with E-state index in [0.717, 1.165) is 49.2 Å². The van der Waals surface area contributed by atoms with E-state index < -0.39 is 0 Å². The number of nitrogens with one attached hydrogen (secondary N) is 3. The van der Waals surface area contributed by atoms with Crippen molar-refractivity contribution in [1.29, 1.82) is 0 Å². The second-order valence-corrected chi connectivity index (χ2v) is 7.91. The molecule has 1 amide bonds.